The summed E-state index contributed by atoms with van der Waals surface area (Å²) in [6.07, 6.45) is 21.8. The van der Waals surface area contributed by atoms with Crippen LogP contribution in [0.5, 0.6) is 0 Å². The number of carboxylic acid groups (broad SMARTS) is 1. The summed E-state index contributed by atoms with van der Waals surface area (Å²) in [5.74, 6) is 0.0665. The second-order valence-electron chi connectivity index (χ2n) is 13.4. The van der Waals surface area contributed by atoms with Crippen LogP contribution in [-0.4, -0.2) is 43.8 Å². The first-order valence-electron chi connectivity index (χ1n) is 16.8. The number of hydrogen-bond acceptors (Lipinski definition) is 6. The number of aromatic nitrogens is 1. The molecule has 0 spiro atoms. The van der Waals surface area contributed by atoms with Crippen molar-refractivity contribution in [3.8, 4) is 0 Å². The molecule has 2 aromatic carbocycles. The molecule has 0 bridgehead atoms. The Hall–Kier alpha value is -3.05. The minimum absolute atomic E-state index is 0.253. The molecule has 8 rings (SSSR count). The van der Waals surface area contributed by atoms with Crippen molar-refractivity contribution >= 4 is 72.6 Å². The van der Waals surface area contributed by atoms with Crippen molar-refractivity contribution in [2.75, 3.05) is 29.2 Å². The molecule has 3 aliphatic carbocycles. The highest BCUT2D eigenvalue weighted by Gasteiger charge is 2.33. The summed E-state index contributed by atoms with van der Waals surface area (Å²) >= 11 is 3.60. The van der Waals surface area contributed by atoms with E-state index in [1.807, 2.05) is 29.5 Å². The number of nitrogens with zero attached hydrogens (tertiary/aromatic N) is 2. The molecule has 48 heavy (non-hydrogen) atoms. The molecule has 6 nitrogen and oxygen atoms in total. The van der Waals surface area contributed by atoms with E-state index in [0.717, 1.165) is 46.3 Å². The minimum Gasteiger partial charge on any atom is -0.481 e. The van der Waals surface area contributed by atoms with Gasteiger partial charge in [-0.3, -0.25) is 13.2 Å². The molecule has 248 valence electrons. The first kappa shape index (κ1) is 32.2. The second-order valence-corrected chi connectivity index (χ2v) is 18.5. The van der Waals surface area contributed by atoms with Crippen LogP contribution in [0.2, 0.25) is 0 Å². The third kappa shape index (κ3) is 6.37. The van der Waals surface area contributed by atoms with Crippen molar-refractivity contribution in [1.29, 1.82) is 0 Å². The predicted molar refractivity (Wildman–Crippen MR) is 198 cm³/mol. The minimum atomic E-state index is -1.46. The van der Waals surface area contributed by atoms with Gasteiger partial charge in [-0.1, -0.05) is 53.5 Å². The summed E-state index contributed by atoms with van der Waals surface area (Å²) in [4.78, 5) is 15.1. The van der Waals surface area contributed by atoms with Gasteiger partial charge < -0.3 is 10.0 Å². The van der Waals surface area contributed by atoms with Crippen LogP contribution >= 0.6 is 23.1 Å². The lowest BCUT2D eigenvalue weighted by Crippen LogP contribution is -2.38. The standard InChI is InChI=1S/C38H38N2O4S4/c1-47(43)31-11-12-33-32(22-31)39(14-15-48(44)23-37(41)42)35(45-33)18-24-7-9-27-20-28-10-8-25(17-30(28)21-29(27)16-24)19-36-40-13-3-5-26-4-2-6-34(46-36)38(26)40/h2,4,6,11-12,16-19,21-22,27-28H,3,5,7-10,13-15,20,23H2,1H3/p+1. The number of rotatable bonds is 8. The van der Waals surface area contributed by atoms with Gasteiger partial charge in [-0.15, -0.1) is 0 Å². The maximum absolute atomic E-state index is 12.5. The number of thiazole rings is 1. The maximum atomic E-state index is 12.5. The van der Waals surface area contributed by atoms with Crippen molar-refractivity contribution in [2.45, 2.75) is 61.3 Å². The Morgan fingerprint density at radius 3 is 2.71 bits per heavy atom. The van der Waals surface area contributed by atoms with E-state index < -0.39 is 27.6 Å². The normalized spacial score (nSPS) is 24.4. The van der Waals surface area contributed by atoms with Crippen molar-refractivity contribution in [3.05, 3.63) is 98.6 Å². The maximum Gasteiger partial charge on any atom is 0.316 e. The smallest absolute Gasteiger partial charge is 0.316 e. The lowest BCUT2D eigenvalue weighted by molar-refractivity contribution is -0.671. The first-order chi connectivity index (χ1) is 23.3. The van der Waals surface area contributed by atoms with E-state index in [4.69, 9.17) is 5.11 Å². The van der Waals surface area contributed by atoms with E-state index in [0.29, 0.717) is 18.4 Å². The third-order valence-electron chi connectivity index (χ3n) is 10.3. The number of fused-ring (bicyclic) bond motifs is 3. The first-order valence-corrected chi connectivity index (χ1v) is 21.5. The fourth-order valence-electron chi connectivity index (χ4n) is 7.92. The Morgan fingerprint density at radius 1 is 1.04 bits per heavy atom. The number of para-hydroxylation sites is 1. The zero-order valence-electron chi connectivity index (χ0n) is 27.0. The number of benzene rings is 2. The number of thioether (sulfide) groups is 1. The highest BCUT2D eigenvalue weighted by atomic mass is 32.2. The number of hydrogen-bond donors (Lipinski definition) is 1. The van der Waals surface area contributed by atoms with Gasteiger partial charge in [0.05, 0.1) is 10.7 Å². The number of aryl methyl sites for hydroxylation is 2. The molecule has 10 heteroatoms. The molecule has 0 fully saturated rings. The lowest BCUT2D eigenvalue weighted by atomic mass is 9.69. The molecule has 0 saturated heterocycles. The summed E-state index contributed by atoms with van der Waals surface area (Å²) in [7, 11) is -2.59. The van der Waals surface area contributed by atoms with Crippen LogP contribution in [0.1, 0.15) is 49.1 Å². The largest absolute Gasteiger partial charge is 0.481 e. The molecule has 2 aliphatic heterocycles. The third-order valence-corrected chi connectivity index (χ3v) is 14.6. The van der Waals surface area contributed by atoms with E-state index >= 15 is 0 Å². The van der Waals surface area contributed by atoms with Crippen LogP contribution < -0.4 is 9.47 Å². The Balaban J connectivity index is 1.08. The van der Waals surface area contributed by atoms with E-state index in [1.54, 1.807) is 18.0 Å². The number of carboxylic acids is 1. The van der Waals surface area contributed by atoms with Crippen molar-refractivity contribution in [1.82, 2.24) is 0 Å². The fourth-order valence-corrected chi connectivity index (χ4v) is 11.6. The zero-order chi connectivity index (χ0) is 32.9. The topological polar surface area (TPSA) is 78.6 Å². The summed E-state index contributed by atoms with van der Waals surface area (Å²) in [6, 6.07) is 12.6. The molecule has 5 aliphatic rings. The Kier molecular flexibility index (Phi) is 8.94. The van der Waals surface area contributed by atoms with E-state index in [2.05, 4.69) is 58.0 Å². The van der Waals surface area contributed by atoms with Crippen LogP contribution in [0.4, 0.5) is 5.69 Å². The van der Waals surface area contributed by atoms with Crippen molar-refractivity contribution in [2.24, 2.45) is 11.8 Å². The SMILES string of the molecule is CS(=O)c1ccc2c(c1)N(CCS(=O)CC(=O)O)/C(=C/C1=CC3=CC4=C/C(=C/c5sc6cccc7c6[n+]5CCC7)CCC4CC3CC1)S2. The number of carbonyl (C=O) groups is 1. The molecule has 1 aromatic heterocycles. The molecular weight excluding hydrogens is 677 g/mol. The second kappa shape index (κ2) is 13.3. The van der Waals surface area contributed by atoms with Gasteiger partial charge in [-0.2, -0.15) is 4.57 Å². The summed E-state index contributed by atoms with van der Waals surface area (Å²) in [5.41, 5.74) is 9.48. The summed E-state index contributed by atoms with van der Waals surface area (Å²) in [5, 5.41) is 11.6. The Labute approximate surface area is 294 Å². The molecular formula is C38H39N2O4S4+. The Bertz CT molecular complexity index is 2050. The van der Waals surface area contributed by atoms with Gasteiger partial charge in [0.2, 0.25) is 5.52 Å². The molecule has 0 radical (unpaired) electrons. The number of aliphatic carboxylic acids is 1. The molecule has 3 aromatic rings. The number of anilines is 1. The molecule has 3 heterocycles. The van der Waals surface area contributed by atoms with E-state index in [-0.39, 0.29) is 11.5 Å². The van der Waals surface area contributed by atoms with E-state index in [9.17, 15) is 13.2 Å². The van der Waals surface area contributed by atoms with Gasteiger partial charge in [-0.05, 0) is 103 Å². The summed E-state index contributed by atoms with van der Waals surface area (Å²) < 4.78 is 28.7. The molecule has 0 saturated carbocycles. The number of allylic oxidation sites excluding steroid dienone is 8. The van der Waals surface area contributed by atoms with Crippen LogP contribution in [0.15, 0.2) is 97.8 Å². The monoisotopic (exact) mass is 715 g/mol. The van der Waals surface area contributed by atoms with Gasteiger partial charge in [-0.25, -0.2) is 0 Å². The zero-order valence-corrected chi connectivity index (χ0v) is 30.2. The van der Waals surface area contributed by atoms with E-state index in [1.165, 1.54) is 68.8 Å². The van der Waals surface area contributed by atoms with Crippen LogP contribution in [0, 0.1) is 11.8 Å². The van der Waals surface area contributed by atoms with Crippen LogP contribution in [-0.2, 0) is 39.4 Å². The highest BCUT2D eigenvalue weighted by Crippen LogP contribution is 2.49. The molecule has 4 unspecified atom stereocenters. The van der Waals surface area contributed by atoms with Gasteiger partial charge >= 0.3 is 5.97 Å². The summed E-state index contributed by atoms with van der Waals surface area (Å²) in [6.45, 7) is 1.54. The molecule has 4 atom stereocenters. The lowest BCUT2D eigenvalue weighted by Gasteiger charge is -2.36. The van der Waals surface area contributed by atoms with Crippen molar-refractivity contribution < 1.29 is 22.9 Å². The van der Waals surface area contributed by atoms with Gasteiger partial charge in [0.15, 0.2) is 6.54 Å². The molecule has 0 amide bonds. The van der Waals surface area contributed by atoms with Gasteiger partial charge in [0.25, 0.3) is 5.01 Å². The quantitative estimate of drug-likeness (QED) is 0.243. The average Bonchev–Trinajstić information content (AvgIpc) is 3.60. The fraction of sp³-hybridized carbons (Fsp3) is 0.368. The van der Waals surface area contributed by atoms with Gasteiger partial charge in [0, 0.05) is 68.0 Å². The predicted octanol–water partition coefficient (Wildman–Crippen LogP) is 7.55. The highest BCUT2D eigenvalue weighted by molar-refractivity contribution is 8.03. The van der Waals surface area contributed by atoms with Crippen LogP contribution in [0.25, 0.3) is 16.3 Å². The Morgan fingerprint density at radius 2 is 1.88 bits per heavy atom. The van der Waals surface area contributed by atoms with Crippen molar-refractivity contribution in [3.63, 3.8) is 0 Å². The van der Waals surface area contributed by atoms with Gasteiger partial charge in [0.1, 0.15) is 10.5 Å². The average molecular weight is 716 g/mol. The van der Waals surface area contributed by atoms with Crippen LogP contribution in [0.3, 0.4) is 0 Å². The molecule has 1 N–H and O–H groups in total.